The average molecular weight is 301 g/mol. The summed E-state index contributed by atoms with van der Waals surface area (Å²) in [5, 5.41) is 9.71. The largest absolute Gasteiger partial charge is 0.393 e. The molecule has 6 nitrogen and oxygen atoms in total. The molecule has 1 N–H and O–H groups in total. The molecular formula is C13H23N3O3S. The van der Waals surface area contributed by atoms with Crippen LogP contribution < -0.4 is 0 Å². The SMILES string of the molecule is CC(O)CC1CCCCCN1S(=O)(=O)c1cn(C)cn1. The van der Waals surface area contributed by atoms with E-state index >= 15 is 0 Å². The smallest absolute Gasteiger partial charge is 0.262 e. The Morgan fingerprint density at radius 3 is 2.80 bits per heavy atom. The lowest BCUT2D eigenvalue weighted by molar-refractivity contribution is 0.147. The number of hydrogen-bond acceptors (Lipinski definition) is 4. The standard InChI is InChI=1S/C13H23N3O3S/c1-11(17)8-12-6-4-3-5-7-16(12)20(18,19)13-9-15(2)10-14-13/h9-12,17H,3-8H2,1-2H3. The molecule has 1 aliphatic rings. The van der Waals surface area contributed by atoms with Crippen molar-refractivity contribution in [2.75, 3.05) is 6.54 Å². The van der Waals surface area contributed by atoms with Crippen LogP contribution in [0.15, 0.2) is 17.6 Å². The minimum atomic E-state index is -3.57. The Hall–Kier alpha value is -0.920. The van der Waals surface area contributed by atoms with Crippen LogP contribution in [0.2, 0.25) is 0 Å². The van der Waals surface area contributed by atoms with E-state index in [1.807, 2.05) is 0 Å². The van der Waals surface area contributed by atoms with Crippen molar-refractivity contribution in [3.8, 4) is 0 Å². The summed E-state index contributed by atoms with van der Waals surface area (Å²) in [5.74, 6) is 0. The van der Waals surface area contributed by atoms with Gasteiger partial charge in [0.15, 0.2) is 5.03 Å². The highest BCUT2D eigenvalue weighted by molar-refractivity contribution is 7.89. The first kappa shape index (κ1) is 15.5. The Labute approximate surface area is 120 Å². The normalized spacial score (nSPS) is 23.4. The molecule has 2 atom stereocenters. The summed E-state index contributed by atoms with van der Waals surface area (Å²) >= 11 is 0. The molecule has 2 rings (SSSR count). The third-order valence-electron chi connectivity index (χ3n) is 3.69. The maximum Gasteiger partial charge on any atom is 0.262 e. The van der Waals surface area contributed by atoms with Gasteiger partial charge in [-0.25, -0.2) is 13.4 Å². The zero-order chi connectivity index (χ0) is 14.8. The van der Waals surface area contributed by atoms with E-state index in [0.29, 0.717) is 13.0 Å². The maximum atomic E-state index is 12.7. The van der Waals surface area contributed by atoms with Gasteiger partial charge in [0.25, 0.3) is 10.0 Å². The Balaban J connectivity index is 2.29. The average Bonchev–Trinajstić information content (AvgIpc) is 2.66. The molecule has 0 bridgehead atoms. The molecule has 20 heavy (non-hydrogen) atoms. The second-order valence-corrected chi connectivity index (χ2v) is 7.42. The van der Waals surface area contributed by atoms with E-state index in [0.717, 1.165) is 25.7 Å². The highest BCUT2D eigenvalue weighted by Gasteiger charge is 2.34. The fraction of sp³-hybridized carbons (Fsp3) is 0.769. The molecule has 1 fully saturated rings. The second kappa shape index (κ2) is 6.24. The van der Waals surface area contributed by atoms with Gasteiger partial charge in [-0.3, -0.25) is 0 Å². The van der Waals surface area contributed by atoms with E-state index in [1.165, 1.54) is 16.8 Å². The summed E-state index contributed by atoms with van der Waals surface area (Å²) in [6.07, 6.45) is 6.70. The number of hydrogen-bond donors (Lipinski definition) is 1. The molecule has 0 radical (unpaired) electrons. The van der Waals surface area contributed by atoms with Crippen molar-refractivity contribution in [2.24, 2.45) is 7.05 Å². The van der Waals surface area contributed by atoms with E-state index < -0.39 is 16.1 Å². The lowest BCUT2D eigenvalue weighted by atomic mass is 10.1. The molecule has 2 unspecified atom stereocenters. The number of nitrogens with zero attached hydrogens (tertiary/aromatic N) is 3. The van der Waals surface area contributed by atoms with Crippen molar-refractivity contribution in [3.05, 3.63) is 12.5 Å². The molecule has 0 spiro atoms. The molecule has 1 saturated heterocycles. The minimum absolute atomic E-state index is 0.0949. The minimum Gasteiger partial charge on any atom is -0.393 e. The third kappa shape index (κ3) is 3.39. The van der Waals surface area contributed by atoms with Gasteiger partial charge in [0.05, 0.1) is 12.4 Å². The summed E-state index contributed by atoms with van der Waals surface area (Å²) in [7, 11) is -1.82. The van der Waals surface area contributed by atoms with Crippen molar-refractivity contribution in [2.45, 2.75) is 56.2 Å². The molecule has 0 aliphatic carbocycles. The summed E-state index contributed by atoms with van der Waals surface area (Å²) in [5.41, 5.74) is 0. The van der Waals surface area contributed by atoms with Crippen molar-refractivity contribution in [1.29, 1.82) is 0 Å². The molecule has 1 aromatic heterocycles. The van der Waals surface area contributed by atoms with Gasteiger partial charge in [-0.1, -0.05) is 12.8 Å². The molecule has 2 heterocycles. The van der Waals surface area contributed by atoms with Gasteiger partial charge < -0.3 is 9.67 Å². The van der Waals surface area contributed by atoms with Crippen LogP contribution in [0.1, 0.15) is 39.0 Å². The zero-order valence-electron chi connectivity index (χ0n) is 12.1. The van der Waals surface area contributed by atoms with E-state index in [2.05, 4.69) is 4.98 Å². The number of aliphatic hydroxyl groups is 1. The van der Waals surface area contributed by atoms with Crippen molar-refractivity contribution in [1.82, 2.24) is 13.9 Å². The van der Waals surface area contributed by atoms with Gasteiger partial charge in [-0.2, -0.15) is 4.31 Å². The Morgan fingerprint density at radius 2 is 2.20 bits per heavy atom. The number of aliphatic hydroxyl groups excluding tert-OH is 1. The maximum absolute atomic E-state index is 12.7. The zero-order valence-corrected chi connectivity index (χ0v) is 12.9. The molecule has 0 amide bonds. The number of sulfonamides is 1. The molecule has 0 aromatic carbocycles. The Bertz CT molecular complexity index is 539. The molecule has 1 aliphatic heterocycles. The number of aryl methyl sites for hydroxylation is 1. The quantitative estimate of drug-likeness (QED) is 0.904. The summed E-state index contributed by atoms with van der Waals surface area (Å²) in [6, 6.07) is -0.135. The Morgan fingerprint density at radius 1 is 1.45 bits per heavy atom. The lowest BCUT2D eigenvalue weighted by Gasteiger charge is -2.29. The summed E-state index contributed by atoms with van der Waals surface area (Å²) < 4.78 is 28.6. The van der Waals surface area contributed by atoms with Gasteiger partial charge in [0.1, 0.15) is 0 Å². The lowest BCUT2D eigenvalue weighted by Crippen LogP contribution is -2.41. The van der Waals surface area contributed by atoms with Crippen LogP contribution in [0.3, 0.4) is 0 Å². The van der Waals surface area contributed by atoms with Crippen molar-refractivity contribution >= 4 is 10.0 Å². The van der Waals surface area contributed by atoms with E-state index in [-0.39, 0.29) is 11.1 Å². The van der Waals surface area contributed by atoms with Crippen LogP contribution in [0.5, 0.6) is 0 Å². The predicted octanol–water partition coefficient (Wildman–Crippen LogP) is 1.12. The van der Waals surface area contributed by atoms with Crippen LogP contribution in [0.4, 0.5) is 0 Å². The second-order valence-electron chi connectivity index (χ2n) is 5.58. The van der Waals surface area contributed by atoms with Gasteiger partial charge in [0.2, 0.25) is 0 Å². The van der Waals surface area contributed by atoms with Gasteiger partial charge in [0, 0.05) is 25.8 Å². The number of imidazole rings is 1. The van der Waals surface area contributed by atoms with Crippen LogP contribution in [-0.2, 0) is 17.1 Å². The fourth-order valence-electron chi connectivity index (χ4n) is 2.74. The first-order chi connectivity index (χ1) is 9.41. The van der Waals surface area contributed by atoms with E-state index in [9.17, 15) is 13.5 Å². The summed E-state index contributed by atoms with van der Waals surface area (Å²) in [6.45, 7) is 2.22. The highest BCUT2D eigenvalue weighted by atomic mass is 32.2. The summed E-state index contributed by atoms with van der Waals surface area (Å²) in [4.78, 5) is 3.98. The molecular weight excluding hydrogens is 278 g/mol. The fourth-order valence-corrected chi connectivity index (χ4v) is 4.41. The van der Waals surface area contributed by atoms with Crippen LogP contribution in [-0.4, -0.2) is 46.1 Å². The number of aromatic nitrogens is 2. The van der Waals surface area contributed by atoms with Gasteiger partial charge >= 0.3 is 0 Å². The van der Waals surface area contributed by atoms with Crippen LogP contribution in [0.25, 0.3) is 0 Å². The third-order valence-corrected chi connectivity index (χ3v) is 5.53. The highest BCUT2D eigenvalue weighted by Crippen LogP contribution is 2.26. The van der Waals surface area contributed by atoms with Crippen molar-refractivity contribution < 1.29 is 13.5 Å². The Kier molecular flexibility index (Phi) is 4.82. The first-order valence-electron chi connectivity index (χ1n) is 7.09. The van der Waals surface area contributed by atoms with E-state index in [4.69, 9.17) is 0 Å². The van der Waals surface area contributed by atoms with Crippen LogP contribution >= 0.6 is 0 Å². The van der Waals surface area contributed by atoms with Gasteiger partial charge in [-0.05, 0) is 26.2 Å². The molecule has 1 aromatic rings. The molecule has 0 saturated carbocycles. The van der Waals surface area contributed by atoms with E-state index in [1.54, 1.807) is 18.5 Å². The molecule has 7 heteroatoms. The predicted molar refractivity (Wildman–Crippen MR) is 75.7 cm³/mol. The monoisotopic (exact) mass is 301 g/mol. The topological polar surface area (TPSA) is 75.4 Å². The van der Waals surface area contributed by atoms with Crippen LogP contribution in [0, 0.1) is 0 Å². The van der Waals surface area contributed by atoms with Gasteiger partial charge in [-0.15, -0.1) is 0 Å². The van der Waals surface area contributed by atoms with Crippen molar-refractivity contribution in [3.63, 3.8) is 0 Å². The first-order valence-corrected chi connectivity index (χ1v) is 8.53. The number of rotatable bonds is 4. The molecule has 114 valence electrons.